The zero-order chi connectivity index (χ0) is 22.9. The van der Waals surface area contributed by atoms with E-state index in [2.05, 4.69) is 30.6 Å². The average molecular weight is 449 g/mol. The first-order valence-corrected chi connectivity index (χ1v) is 11.2. The summed E-state index contributed by atoms with van der Waals surface area (Å²) in [4.78, 5) is 21.3. The molecule has 0 unspecified atom stereocenters. The van der Waals surface area contributed by atoms with Gasteiger partial charge < -0.3 is 9.88 Å². The molecule has 1 aromatic carbocycles. The third kappa shape index (κ3) is 4.08. The summed E-state index contributed by atoms with van der Waals surface area (Å²) in [5.41, 5.74) is 3.59. The molecule has 0 radical (unpaired) electrons. The molecule has 0 aliphatic carbocycles. The number of carbonyl (C=O) groups is 1. The van der Waals surface area contributed by atoms with Crippen LogP contribution >= 0.6 is 0 Å². The molecule has 0 saturated carbocycles. The quantitative estimate of drug-likeness (QED) is 0.502. The van der Waals surface area contributed by atoms with E-state index < -0.39 is 0 Å². The van der Waals surface area contributed by atoms with Gasteiger partial charge in [0.05, 0.1) is 5.56 Å². The first-order chi connectivity index (χ1) is 16.0. The molecule has 170 valence electrons. The molecular weight excluding hydrogens is 423 g/mol. The number of fused-ring (bicyclic) bond motifs is 2. The molecule has 33 heavy (non-hydrogen) atoms. The van der Waals surface area contributed by atoms with Crippen LogP contribution in [-0.2, 0) is 24.2 Å². The van der Waals surface area contributed by atoms with Crippen LogP contribution in [0.2, 0.25) is 0 Å². The molecule has 9 nitrogen and oxygen atoms in total. The highest BCUT2D eigenvalue weighted by Gasteiger charge is 2.19. The van der Waals surface area contributed by atoms with Gasteiger partial charge in [-0.25, -0.2) is 13.9 Å². The molecule has 0 bridgehead atoms. The van der Waals surface area contributed by atoms with E-state index in [9.17, 15) is 9.18 Å². The fourth-order valence-corrected chi connectivity index (χ4v) is 4.44. The number of amides is 1. The van der Waals surface area contributed by atoms with Crippen LogP contribution in [0.25, 0.3) is 17.2 Å². The molecule has 0 saturated heterocycles. The van der Waals surface area contributed by atoms with E-state index in [4.69, 9.17) is 0 Å². The maximum atomic E-state index is 14.7. The summed E-state index contributed by atoms with van der Waals surface area (Å²) >= 11 is 0. The number of carbonyl (C=O) groups excluding carboxylic acids is 1. The van der Waals surface area contributed by atoms with Crippen LogP contribution in [0.4, 0.5) is 10.1 Å². The lowest BCUT2D eigenvalue weighted by Crippen LogP contribution is -2.14. The number of halogens is 1. The van der Waals surface area contributed by atoms with Crippen molar-refractivity contribution in [1.29, 1.82) is 0 Å². The van der Waals surface area contributed by atoms with Gasteiger partial charge in [-0.1, -0.05) is 6.42 Å². The Bertz CT molecular complexity index is 1340. The van der Waals surface area contributed by atoms with E-state index in [1.165, 1.54) is 12.4 Å². The third-order valence-electron chi connectivity index (χ3n) is 6.19. The molecule has 0 atom stereocenters. The molecule has 1 aliphatic heterocycles. The molecule has 3 aromatic heterocycles. The van der Waals surface area contributed by atoms with E-state index in [1.807, 2.05) is 18.4 Å². The van der Waals surface area contributed by atoms with Crippen molar-refractivity contribution in [1.82, 2.24) is 34.3 Å². The van der Waals surface area contributed by atoms with Gasteiger partial charge in [-0.05, 0) is 56.9 Å². The summed E-state index contributed by atoms with van der Waals surface area (Å²) in [7, 11) is 0. The minimum atomic E-state index is -0.383. The van der Waals surface area contributed by atoms with E-state index in [1.54, 1.807) is 16.6 Å². The highest BCUT2D eigenvalue weighted by Crippen LogP contribution is 2.27. The second-order valence-corrected chi connectivity index (χ2v) is 8.38. The molecular formula is C23H25FN8O. The SMILES string of the molecule is Cc1nc2ncnn2c(C)c1CCC(=O)Nc1ccc(F)c(-c2nnc3n2CCCCC3)c1. The average Bonchev–Trinajstić information content (AvgIpc) is 3.35. The molecule has 1 aliphatic rings. The Labute approximate surface area is 190 Å². The number of hydrogen-bond acceptors (Lipinski definition) is 6. The summed E-state index contributed by atoms with van der Waals surface area (Å²) < 4.78 is 18.4. The minimum Gasteiger partial charge on any atom is -0.326 e. The second-order valence-electron chi connectivity index (χ2n) is 8.38. The van der Waals surface area contributed by atoms with E-state index in [-0.39, 0.29) is 18.1 Å². The number of hydrogen-bond donors (Lipinski definition) is 1. The number of aryl methyl sites for hydroxylation is 3. The Balaban J connectivity index is 1.32. The number of aromatic nitrogens is 7. The number of nitrogens with one attached hydrogen (secondary N) is 1. The Morgan fingerprint density at radius 2 is 2.06 bits per heavy atom. The van der Waals surface area contributed by atoms with E-state index >= 15 is 0 Å². The van der Waals surface area contributed by atoms with Crippen LogP contribution in [0, 0.1) is 19.7 Å². The van der Waals surface area contributed by atoms with Crippen molar-refractivity contribution >= 4 is 17.4 Å². The molecule has 5 rings (SSSR count). The first-order valence-electron chi connectivity index (χ1n) is 11.2. The predicted molar refractivity (Wildman–Crippen MR) is 120 cm³/mol. The fraction of sp³-hybridized carbons (Fsp3) is 0.391. The van der Waals surface area contributed by atoms with Gasteiger partial charge in [-0.2, -0.15) is 10.1 Å². The van der Waals surface area contributed by atoms with Crippen molar-refractivity contribution in [2.75, 3.05) is 5.32 Å². The normalized spacial score (nSPS) is 13.7. The molecule has 1 amide bonds. The highest BCUT2D eigenvalue weighted by molar-refractivity contribution is 5.91. The van der Waals surface area contributed by atoms with Crippen LogP contribution in [0.15, 0.2) is 24.5 Å². The maximum absolute atomic E-state index is 14.7. The lowest BCUT2D eigenvalue weighted by atomic mass is 10.1. The van der Waals surface area contributed by atoms with Gasteiger partial charge in [0.1, 0.15) is 18.0 Å². The summed E-state index contributed by atoms with van der Waals surface area (Å²) in [5, 5.41) is 15.6. The van der Waals surface area contributed by atoms with Crippen LogP contribution in [0.5, 0.6) is 0 Å². The van der Waals surface area contributed by atoms with Gasteiger partial charge in [0, 0.05) is 36.5 Å². The summed E-state index contributed by atoms with van der Waals surface area (Å²) in [6.45, 7) is 4.62. The summed E-state index contributed by atoms with van der Waals surface area (Å²) in [6, 6.07) is 4.56. The lowest BCUT2D eigenvalue weighted by Gasteiger charge is -2.12. The van der Waals surface area contributed by atoms with Crippen LogP contribution in [0.1, 0.15) is 48.5 Å². The molecule has 1 N–H and O–H groups in total. The van der Waals surface area contributed by atoms with Crippen molar-refractivity contribution in [2.45, 2.75) is 58.9 Å². The Hall–Kier alpha value is -3.69. The Morgan fingerprint density at radius 3 is 2.94 bits per heavy atom. The number of nitrogens with zero attached hydrogens (tertiary/aromatic N) is 7. The van der Waals surface area contributed by atoms with Crippen LogP contribution in [0.3, 0.4) is 0 Å². The fourth-order valence-electron chi connectivity index (χ4n) is 4.44. The smallest absolute Gasteiger partial charge is 0.252 e. The molecule has 10 heteroatoms. The van der Waals surface area contributed by atoms with Crippen molar-refractivity contribution in [3.8, 4) is 11.4 Å². The van der Waals surface area contributed by atoms with Crippen molar-refractivity contribution < 1.29 is 9.18 Å². The zero-order valence-corrected chi connectivity index (χ0v) is 18.7. The van der Waals surface area contributed by atoms with E-state index in [0.29, 0.717) is 29.3 Å². The maximum Gasteiger partial charge on any atom is 0.252 e. The lowest BCUT2D eigenvalue weighted by molar-refractivity contribution is -0.116. The standard InChI is InChI=1S/C23H25FN8O/c1-14-17(15(2)32-23(27-14)25-13-26-32)8-10-21(33)28-16-7-9-19(24)18(12-16)22-30-29-20-6-4-3-5-11-31(20)22/h7,9,12-13H,3-6,8,10-11H2,1-2H3,(H,28,33). The number of rotatable bonds is 5. The van der Waals surface area contributed by atoms with Gasteiger partial charge in [0.2, 0.25) is 5.91 Å². The molecule has 0 fully saturated rings. The van der Waals surface area contributed by atoms with Gasteiger partial charge >= 0.3 is 0 Å². The van der Waals surface area contributed by atoms with E-state index in [0.717, 1.165) is 55.0 Å². The summed E-state index contributed by atoms with van der Waals surface area (Å²) in [6.07, 6.45) is 6.29. The zero-order valence-electron chi connectivity index (χ0n) is 18.7. The van der Waals surface area contributed by atoms with Gasteiger partial charge in [0.25, 0.3) is 5.78 Å². The minimum absolute atomic E-state index is 0.162. The predicted octanol–water partition coefficient (Wildman–Crippen LogP) is 3.44. The van der Waals surface area contributed by atoms with Crippen LogP contribution in [-0.4, -0.2) is 40.3 Å². The van der Waals surface area contributed by atoms with Crippen molar-refractivity contribution in [2.24, 2.45) is 0 Å². The van der Waals surface area contributed by atoms with Gasteiger partial charge in [0.15, 0.2) is 5.82 Å². The largest absolute Gasteiger partial charge is 0.326 e. The monoisotopic (exact) mass is 448 g/mol. The Kier molecular flexibility index (Phi) is 5.57. The molecule has 4 heterocycles. The van der Waals surface area contributed by atoms with Crippen LogP contribution < -0.4 is 5.32 Å². The Morgan fingerprint density at radius 1 is 1.18 bits per heavy atom. The number of anilines is 1. The first kappa shape index (κ1) is 21.2. The van der Waals surface area contributed by atoms with Gasteiger partial charge in [-0.3, -0.25) is 4.79 Å². The highest BCUT2D eigenvalue weighted by atomic mass is 19.1. The summed E-state index contributed by atoms with van der Waals surface area (Å²) in [5.74, 6) is 1.40. The molecule has 0 spiro atoms. The molecule has 4 aromatic rings. The van der Waals surface area contributed by atoms with Gasteiger partial charge in [-0.15, -0.1) is 10.2 Å². The second kappa shape index (κ2) is 8.68. The van der Waals surface area contributed by atoms with Crippen molar-refractivity contribution in [3.63, 3.8) is 0 Å². The van der Waals surface area contributed by atoms with Crippen molar-refractivity contribution in [3.05, 3.63) is 53.1 Å². The number of benzene rings is 1. The topological polar surface area (TPSA) is 103 Å². The third-order valence-corrected chi connectivity index (χ3v) is 6.19.